The Kier molecular flexibility index (Phi) is 6.08. The number of nitrogens with one attached hydrogen (secondary N) is 3. The molecule has 2 aliphatic carbocycles. The van der Waals surface area contributed by atoms with E-state index in [1.54, 1.807) is 17.5 Å². The van der Waals surface area contributed by atoms with Crippen molar-refractivity contribution in [1.82, 2.24) is 15.3 Å². The Balaban J connectivity index is 1.35. The minimum Gasteiger partial charge on any atom is -0.398 e. The number of benzene rings is 1. The van der Waals surface area contributed by atoms with Gasteiger partial charge < -0.3 is 16.0 Å². The number of hydrogen-bond acceptors (Lipinski definition) is 5. The Labute approximate surface area is 225 Å². The largest absolute Gasteiger partial charge is 0.398 e. The molecule has 1 aromatic carbocycles. The van der Waals surface area contributed by atoms with Crippen LogP contribution in [0.15, 0.2) is 78.8 Å². The van der Waals surface area contributed by atoms with Crippen molar-refractivity contribution in [1.29, 1.82) is 5.41 Å². The number of pyridine rings is 1. The highest BCUT2D eigenvalue weighted by molar-refractivity contribution is 7.15. The smallest absolute Gasteiger partial charge is 0.227 e. The molecule has 0 spiro atoms. The summed E-state index contributed by atoms with van der Waals surface area (Å²) in [6.45, 7) is 4.21. The highest BCUT2D eigenvalue weighted by Crippen LogP contribution is 2.34. The second-order valence-corrected chi connectivity index (χ2v) is 11.4. The monoisotopic (exact) mass is 519 g/mol. The summed E-state index contributed by atoms with van der Waals surface area (Å²) in [5.74, 6) is 0.411. The van der Waals surface area contributed by atoms with E-state index in [1.165, 1.54) is 4.88 Å². The van der Waals surface area contributed by atoms with Crippen LogP contribution in [0.2, 0.25) is 0 Å². The van der Waals surface area contributed by atoms with Gasteiger partial charge in [0, 0.05) is 49.8 Å². The lowest BCUT2D eigenvalue weighted by Crippen LogP contribution is -2.23. The molecule has 6 nitrogen and oxygen atoms in total. The lowest BCUT2D eigenvalue weighted by Gasteiger charge is -2.12. The number of thiophene rings is 1. The van der Waals surface area contributed by atoms with Gasteiger partial charge in [-0.05, 0) is 79.3 Å². The van der Waals surface area contributed by atoms with Gasteiger partial charge in [-0.25, -0.2) is 0 Å². The molecule has 0 bridgehead atoms. The molecule has 6 rings (SSSR count). The Morgan fingerprint density at radius 1 is 1.18 bits per heavy atom. The van der Waals surface area contributed by atoms with Crippen LogP contribution in [0.3, 0.4) is 0 Å². The lowest BCUT2D eigenvalue weighted by atomic mass is 9.96. The van der Waals surface area contributed by atoms with Gasteiger partial charge >= 0.3 is 0 Å². The second-order valence-electron chi connectivity index (χ2n) is 10.1. The van der Waals surface area contributed by atoms with Crippen LogP contribution in [0.4, 0.5) is 5.69 Å². The van der Waals surface area contributed by atoms with Gasteiger partial charge in [0.15, 0.2) is 0 Å². The highest BCUT2D eigenvalue weighted by atomic mass is 32.1. The van der Waals surface area contributed by atoms with Crippen molar-refractivity contribution in [2.75, 3.05) is 5.73 Å². The Bertz CT molecular complexity index is 1680. The number of aromatic amines is 1. The van der Waals surface area contributed by atoms with E-state index < -0.39 is 0 Å². The van der Waals surface area contributed by atoms with Crippen LogP contribution < -0.4 is 11.1 Å². The third-order valence-corrected chi connectivity index (χ3v) is 8.06. The Morgan fingerprint density at radius 2 is 2.03 bits per heavy atom. The first-order valence-electron chi connectivity index (χ1n) is 12.8. The zero-order valence-electron chi connectivity index (χ0n) is 21.3. The van der Waals surface area contributed by atoms with Crippen molar-refractivity contribution in [3.05, 3.63) is 100 Å². The van der Waals surface area contributed by atoms with E-state index in [0.29, 0.717) is 22.7 Å². The van der Waals surface area contributed by atoms with Crippen LogP contribution in [-0.2, 0) is 4.79 Å². The average molecular weight is 520 g/mol. The molecular formula is C31H29N5OS. The molecule has 38 heavy (non-hydrogen) atoms. The van der Waals surface area contributed by atoms with Crippen LogP contribution >= 0.6 is 11.3 Å². The fourth-order valence-electron chi connectivity index (χ4n) is 4.76. The minimum absolute atomic E-state index is 0.0833. The van der Waals surface area contributed by atoms with Crippen molar-refractivity contribution in [2.24, 2.45) is 11.8 Å². The zero-order chi connectivity index (χ0) is 26.4. The van der Waals surface area contributed by atoms with Crippen molar-refractivity contribution in [3.8, 4) is 10.4 Å². The number of aromatic nitrogens is 2. The SMILES string of the molecule is Cc1ccc(-c2cncc3[nH]c(C(=N)c4cc(C5=C[C@@H](C)C=CC(NC(=O)C6CC6)=C5)ccc4N)cc23)s1. The molecule has 0 saturated heterocycles. The summed E-state index contributed by atoms with van der Waals surface area (Å²) in [7, 11) is 0. The van der Waals surface area contributed by atoms with Gasteiger partial charge in [-0.2, -0.15) is 0 Å². The van der Waals surface area contributed by atoms with Crippen molar-refractivity contribution < 1.29 is 4.79 Å². The lowest BCUT2D eigenvalue weighted by molar-refractivity contribution is -0.121. The molecular weight excluding hydrogens is 490 g/mol. The van der Waals surface area contributed by atoms with Crippen molar-refractivity contribution >= 4 is 45.1 Å². The molecule has 0 unspecified atom stereocenters. The fraction of sp³-hybridized carbons (Fsp3) is 0.194. The first kappa shape index (κ1) is 24.1. The summed E-state index contributed by atoms with van der Waals surface area (Å²) in [4.78, 5) is 22.6. The summed E-state index contributed by atoms with van der Waals surface area (Å²) in [6, 6.07) is 12.0. The van der Waals surface area contributed by atoms with Crippen LogP contribution in [0, 0.1) is 24.2 Å². The highest BCUT2D eigenvalue weighted by Gasteiger charge is 2.29. The molecule has 4 aromatic rings. The predicted octanol–water partition coefficient (Wildman–Crippen LogP) is 6.60. The summed E-state index contributed by atoms with van der Waals surface area (Å²) in [5.41, 5.74) is 13.2. The second kappa shape index (κ2) is 9.58. The van der Waals surface area contributed by atoms with Gasteiger partial charge in [0.2, 0.25) is 5.91 Å². The Hall–Kier alpha value is -4.23. The number of fused-ring (bicyclic) bond motifs is 1. The van der Waals surface area contributed by atoms with Gasteiger partial charge in [0.05, 0.1) is 23.1 Å². The third kappa shape index (κ3) is 4.73. The van der Waals surface area contributed by atoms with Crippen LogP contribution in [0.1, 0.15) is 41.5 Å². The third-order valence-electron chi connectivity index (χ3n) is 7.03. The number of nitrogens with zero attached hydrogens (tertiary/aromatic N) is 1. The summed E-state index contributed by atoms with van der Waals surface area (Å²) in [6.07, 6.45) is 13.8. The number of aryl methyl sites for hydroxylation is 1. The average Bonchev–Trinajstić information content (AvgIpc) is 3.57. The number of H-pyrrole nitrogens is 1. The maximum Gasteiger partial charge on any atom is 0.227 e. The molecule has 1 atom stereocenters. The first-order chi connectivity index (χ1) is 18.4. The van der Waals surface area contributed by atoms with E-state index in [0.717, 1.165) is 51.0 Å². The van der Waals surface area contributed by atoms with E-state index in [1.807, 2.05) is 42.6 Å². The minimum atomic E-state index is 0.0833. The summed E-state index contributed by atoms with van der Waals surface area (Å²) in [5, 5.41) is 13.2. The summed E-state index contributed by atoms with van der Waals surface area (Å²) < 4.78 is 0. The Morgan fingerprint density at radius 3 is 2.79 bits per heavy atom. The van der Waals surface area contributed by atoms with Crippen molar-refractivity contribution in [2.45, 2.75) is 26.7 Å². The zero-order valence-corrected chi connectivity index (χ0v) is 22.2. The van der Waals surface area contributed by atoms with Gasteiger partial charge in [0.25, 0.3) is 0 Å². The molecule has 1 amide bonds. The number of nitrogen functional groups attached to an aromatic ring is 1. The molecule has 1 fully saturated rings. The molecule has 1 saturated carbocycles. The van der Waals surface area contributed by atoms with Gasteiger partial charge in [-0.15, -0.1) is 11.3 Å². The molecule has 190 valence electrons. The fourth-order valence-corrected chi connectivity index (χ4v) is 5.66. The number of hydrogen-bond donors (Lipinski definition) is 4. The van der Waals surface area contributed by atoms with Gasteiger partial charge in [-0.3, -0.25) is 15.2 Å². The van der Waals surface area contributed by atoms with E-state index in [-0.39, 0.29) is 17.7 Å². The van der Waals surface area contributed by atoms with Gasteiger partial charge in [0.1, 0.15) is 0 Å². The van der Waals surface area contributed by atoms with Gasteiger partial charge in [-0.1, -0.05) is 25.1 Å². The maximum absolute atomic E-state index is 12.4. The van der Waals surface area contributed by atoms with E-state index in [4.69, 9.17) is 11.1 Å². The van der Waals surface area contributed by atoms with E-state index in [9.17, 15) is 4.79 Å². The molecule has 5 N–H and O–H groups in total. The van der Waals surface area contributed by atoms with Crippen molar-refractivity contribution in [3.63, 3.8) is 0 Å². The standard InChI is InChI=1S/C31H29N5OS/c1-17-3-8-22(35-31(37)19-5-6-19)12-21(11-17)20-7-9-26(32)24(13-20)30(33)27-14-23-25(15-34-16-28(23)36-27)29-10-4-18(2)38-29/h3-4,7-17,19,33,36H,5-6,32H2,1-2H3,(H,35,37)/t17-/m0/s1. The number of amides is 1. The quantitative estimate of drug-likeness (QED) is 0.170. The normalized spacial score (nSPS) is 17.2. The van der Waals surface area contributed by atoms with E-state index in [2.05, 4.69) is 53.4 Å². The molecule has 0 aliphatic heterocycles. The number of nitrogens with two attached hydrogens (primary N) is 1. The molecule has 3 heterocycles. The molecule has 0 radical (unpaired) electrons. The van der Waals surface area contributed by atoms with Crippen LogP contribution in [0.25, 0.3) is 26.9 Å². The summed E-state index contributed by atoms with van der Waals surface area (Å²) >= 11 is 1.73. The predicted molar refractivity (Wildman–Crippen MR) is 156 cm³/mol. The van der Waals surface area contributed by atoms with Crippen LogP contribution in [-0.4, -0.2) is 21.6 Å². The van der Waals surface area contributed by atoms with Crippen LogP contribution in [0.5, 0.6) is 0 Å². The van der Waals surface area contributed by atoms with E-state index >= 15 is 0 Å². The number of carbonyl (C=O) groups excluding carboxylic acids is 1. The first-order valence-corrected chi connectivity index (χ1v) is 13.6. The number of rotatable bonds is 6. The molecule has 2 aliphatic rings. The number of allylic oxidation sites excluding steroid dienone is 5. The topological polar surface area (TPSA) is 108 Å². The molecule has 3 aromatic heterocycles. The molecule has 7 heteroatoms. The maximum atomic E-state index is 12.4. The number of anilines is 1. The number of carbonyl (C=O) groups is 1.